The van der Waals surface area contributed by atoms with Gasteiger partial charge in [-0.05, 0) is 58.3 Å². The Hall–Kier alpha value is -2.00. The predicted octanol–water partition coefficient (Wildman–Crippen LogP) is 3.72. The van der Waals surface area contributed by atoms with Crippen molar-refractivity contribution in [1.82, 2.24) is 5.32 Å². The molecule has 0 aromatic carbocycles. The zero-order chi connectivity index (χ0) is 25.8. The smallest absolute Gasteiger partial charge is 0.469 e. The van der Waals surface area contributed by atoms with Crippen molar-refractivity contribution < 1.29 is 38.4 Å². The molecule has 0 rings (SSSR count). The number of carboxylic acid groups (broad SMARTS) is 1. The van der Waals surface area contributed by atoms with Crippen molar-refractivity contribution in [2.24, 2.45) is 5.73 Å². The highest BCUT2D eigenvalue weighted by molar-refractivity contribution is 7.46. The van der Waals surface area contributed by atoms with Crippen molar-refractivity contribution in [2.45, 2.75) is 103 Å². The third-order valence-corrected chi connectivity index (χ3v) is 5.63. The molecule has 2 atom stereocenters. The van der Waals surface area contributed by atoms with Gasteiger partial charge < -0.3 is 25.9 Å². The van der Waals surface area contributed by atoms with Crippen molar-refractivity contribution in [3.63, 3.8) is 0 Å². The molecule has 0 aliphatic carbocycles. The molecule has 0 saturated heterocycles. The number of rotatable bonds is 21. The zero-order valence-electron chi connectivity index (χ0n) is 20.1. The number of hydrogen-bond donors (Lipinski definition) is 5. The van der Waals surface area contributed by atoms with E-state index in [1.54, 1.807) is 6.92 Å². The molecule has 34 heavy (non-hydrogen) atoms. The molecule has 0 bridgehead atoms. The molecular weight excluding hydrogens is 463 g/mol. The van der Waals surface area contributed by atoms with Crippen LogP contribution in [-0.2, 0) is 23.5 Å². The van der Waals surface area contributed by atoms with Gasteiger partial charge >= 0.3 is 13.8 Å². The fraction of sp³-hybridized carbons (Fsp3) is 0.696. The Balaban J connectivity index is 3.65. The second-order valence-electron chi connectivity index (χ2n) is 8.29. The zero-order valence-corrected chi connectivity index (χ0v) is 21.0. The molecule has 11 heteroatoms. The number of hydrogen-bond acceptors (Lipinski definition) is 5. The maximum absolute atomic E-state index is 11.9. The van der Waals surface area contributed by atoms with E-state index >= 15 is 0 Å². The first kappa shape index (κ1) is 32.0. The largest absolute Gasteiger partial charge is 0.480 e. The molecule has 10 nitrogen and oxygen atoms in total. The molecule has 196 valence electrons. The molecule has 1 unspecified atom stereocenters. The Morgan fingerprint density at radius 1 is 0.912 bits per heavy atom. The molecule has 2 amide bonds. The summed E-state index contributed by atoms with van der Waals surface area (Å²) in [7, 11) is -4.40. The summed E-state index contributed by atoms with van der Waals surface area (Å²) in [5.41, 5.74) is 5.01. The maximum atomic E-state index is 11.9. The molecule has 0 heterocycles. The van der Waals surface area contributed by atoms with Gasteiger partial charge in [0.2, 0.25) is 11.8 Å². The summed E-state index contributed by atoms with van der Waals surface area (Å²) in [4.78, 5) is 51.2. The first-order valence-corrected chi connectivity index (χ1v) is 13.4. The number of nitrogens with two attached hydrogens (primary N) is 1. The Labute approximate surface area is 202 Å². The number of unbranched alkanes of at least 4 members (excludes halogenated alkanes) is 6. The summed E-state index contributed by atoms with van der Waals surface area (Å²) in [6, 6.07) is -1.08. The number of carboxylic acids is 1. The molecule has 0 radical (unpaired) electrons. The van der Waals surface area contributed by atoms with Gasteiger partial charge in [-0.25, -0.2) is 9.36 Å². The highest BCUT2D eigenvalue weighted by atomic mass is 31.2. The molecule has 0 spiro atoms. The van der Waals surface area contributed by atoms with Crippen LogP contribution in [0.4, 0.5) is 0 Å². The number of allylic oxidation sites excluding steroid dienone is 4. The van der Waals surface area contributed by atoms with Crippen LogP contribution in [0.25, 0.3) is 0 Å². The van der Waals surface area contributed by atoms with Crippen molar-refractivity contribution in [1.29, 1.82) is 0 Å². The van der Waals surface area contributed by atoms with Crippen LogP contribution in [0.15, 0.2) is 24.3 Å². The molecule has 0 saturated carbocycles. The van der Waals surface area contributed by atoms with Gasteiger partial charge in [0.05, 0.1) is 6.10 Å². The summed E-state index contributed by atoms with van der Waals surface area (Å²) < 4.78 is 15.3. The van der Waals surface area contributed by atoms with E-state index in [1.165, 1.54) is 0 Å². The topological polar surface area (TPSA) is 176 Å². The van der Waals surface area contributed by atoms with Crippen LogP contribution >= 0.6 is 7.82 Å². The van der Waals surface area contributed by atoms with Crippen molar-refractivity contribution in [2.75, 3.05) is 0 Å². The van der Waals surface area contributed by atoms with Crippen LogP contribution in [0.5, 0.6) is 0 Å². The van der Waals surface area contributed by atoms with E-state index in [0.29, 0.717) is 12.8 Å². The van der Waals surface area contributed by atoms with Crippen molar-refractivity contribution in [3.05, 3.63) is 24.3 Å². The number of aliphatic carboxylic acids is 1. The van der Waals surface area contributed by atoms with Gasteiger partial charge in [0.25, 0.3) is 0 Å². The Kier molecular flexibility index (Phi) is 18.2. The molecule has 0 fully saturated rings. The van der Waals surface area contributed by atoms with Crippen molar-refractivity contribution >= 4 is 25.6 Å². The number of carbonyl (C=O) groups excluding carboxylic acids is 2. The third-order valence-electron chi connectivity index (χ3n) is 4.99. The molecular formula is C23H41N2O8P. The monoisotopic (exact) mass is 504 g/mol. The highest BCUT2D eigenvalue weighted by Gasteiger charge is 2.20. The van der Waals surface area contributed by atoms with Gasteiger partial charge in [0.15, 0.2) is 0 Å². The van der Waals surface area contributed by atoms with Crippen LogP contribution in [-0.4, -0.2) is 44.8 Å². The lowest BCUT2D eigenvalue weighted by Gasteiger charge is -2.13. The number of amides is 2. The third kappa shape index (κ3) is 21.8. The molecule has 0 aliphatic rings. The average Bonchev–Trinajstić information content (AvgIpc) is 2.72. The maximum Gasteiger partial charge on any atom is 0.469 e. The van der Waals surface area contributed by atoms with E-state index in [2.05, 4.69) is 34.1 Å². The quantitative estimate of drug-likeness (QED) is 0.0892. The molecule has 0 aromatic rings. The summed E-state index contributed by atoms with van der Waals surface area (Å²) in [6.07, 6.45) is 16.9. The summed E-state index contributed by atoms with van der Waals surface area (Å²) in [5, 5.41) is 11.5. The standard InChI is InChI=1S/C23H41N2O8P/c1-19(33-34(30,31)32)15-13-11-9-7-5-3-2-4-6-8-10-12-14-16-22(27)25-20(23(28)29)17-18-21(24)26/h2-3,7,9,19-20H,4-6,8,10-18H2,1H3,(H2,24,26)(H,25,27)(H,28,29)(H2,30,31,32)/b3-2-,9-7-/t19?,20-/m0/s1. The second kappa shape index (κ2) is 19.3. The van der Waals surface area contributed by atoms with Crippen LogP contribution in [0.2, 0.25) is 0 Å². The summed E-state index contributed by atoms with van der Waals surface area (Å²) >= 11 is 0. The fourth-order valence-corrected chi connectivity index (χ4v) is 3.78. The van der Waals surface area contributed by atoms with Crippen LogP contribution in [0.1, 0.15) is 90.4 Å². The Bertz CT molecular complexity index is 705. The fourth-order valence-electron chi connectivity index (χ4n) is 3.21. The highest BCUT2D eigenvalue weighted by Crippen LogP contribution is 2.38. The first-order chi connectivity index (χ1) is 16.0. The van der Waals surface area contributed by atoms with E-state index in [-0.39, 0.29) is 25.2 Å². The minimum Gasteiger partial charge on any atom is -0.480 e. The lowest BCUT2D eigenvalue weighted by molar-refractivity contribution is -0.142. The normalized spacial score (nSPS) is 13.9. The lowest BCUT2D eigenvalue weighted by Crippen LogP contribution is -2.41. The average molecular weight is 505 g/mol. The minimum absolute atomic E-state index is 0.00373. The van der Waals surface area contributed by atoms with E-state index in [0.717, 1.165) is 51.4 Å². The van der Waals surface area contributed by atoms with Crippen molar-refractivity contribution in [3.8, 4) is 0 Å². The second-order valence-corrected chi connectivity index (χ2v) is 9.48. The summed E-state index contributed by atoms with van der Waals surface area (Å²) in [6.45, 7) is 1.65. The Morgan fingerprint density at radius 3 is 2.09 bits per heavy atom. The number of carbonyl (C=O) groups is 3. The minimum atomic E-state index is -4.40. The van der Waals surface area contributed by atoms with Gasteiger partial charge in [-0.3, -0.25) is 14.1 Å². The molecule has 0 aliphatic heterocycles. The number of nitrogens with one attached hydrogen (secondary N) is 1. The van der Waals surface area contributed by atoms with E-state index in [9.17, 15) is 18.9 Å². The lowest BCUT2D eigenvalue weighted by atomic mass is 10.1. The number of primary amides is 1. The van der Waals surface area contributed by atoms with E-state index in [1.807, 2.05) is 0 Å². The van der Waals surface area contributed by atoms with Gasteiger partial charge in [0, 0.05) is 12.8 Å². The molecule has 0 aromatic heterocycles. The first-order valence-electron chi connectivity index (χ1n) is 11.9. The molecule has 6 N–H and O–H groups in total. The SMILES string of the molecule is CC(CCC/C=C\C/C=C\CCCCCCCC(=O)N[C@@H](CCC(N)=O)C(=O)O)OP(=O)(O)O. The van der Waals surface area contributed by atoms with Gasteiger partial charge in [-0.2, -0.15) is 0 Å². The van der Waals surface area contributed by atoms with Crippen LogP contribution in [0.3, 0.4) is 0 Å². The number of phosphoric ester groups is 1. The predicted molar refractivity (Wildman–Crippen MR) is 130 cm³/mol. The van der Waals surface area contributed by atoms with Gasteiger partial charge in [-0.15, -0.1) is 0 Å². The van der Waals surface area contributed by atoms with Crippen LogP contribution < -0.4 is 11.1 Å². The van der Waals surface area contributed by atoms with E-state index in [4.69, 9.17) is 20.6 Å². The summed E-state index contributed by atoms with van der Waals surface area (Å²) in [5.74, 6) is -2.08. The van der Waals surface area contributed by atoms with Gasteiger partial charge in [-0.1, -0.05) is 43.6 Å². The van der Waals surface area contributed by atoms with E-state index < -0.39 is 31.8 Å². The number of phosphoric acid groups is 1. The van der Waals surface area contributed by atoms with Crippen LogP contribution in [0, 0.1) is 0 Å². The Morgan fingerprint density at radius 2 is 1.50 bits per heavy atom. The van der Waals surface area contributed by atoms with Gasteiger partial charge in [0.1, 0.15) is 6.04 Å².